The van der Waals surface area contributed by atoms with Gasteiger partial charge in [0.15, 0.2) is 5.84 Å². The third-order valence-corrected chi connectivity index (χ3v) is 2.13. The van der Waals surface area contributed by atoms with Crippen molar-refractivity contribution in [2.45, 2.75) is 12.6 Å². The number of nitrogens with two attached hydrogens (primary N) is 1. The van der Waals surface area contributed by atoms with Gasteiger partial charge < -0.3 is 15.8 Å². The topological polar surface area (TPSA) is 87.6 Å². The zero-order chi connectivity index (χ0) is 13.8. The molecule has 0 saturated carbocycles. The number of aromatic nitrogens is 2. The number of hydrogen-bond acceptors (Lipinski definition) is 5. The maximum Gasteiger partial charge on any atom is 0.390 e. The van der Waals surface area contributed by atoms with Crippen molar-refractivity contribution in [3.05, 3.63) is 18.1 Å². The van der Waals surface area contributed by atoms with Gasteiger partial charge in [0.05, 0.1) is 18.8 Å². The van der Waals surface area contributed by atoms with Crippen molar-refractivity contribution in [2.75, 3.05) is 18.5 Å². The van der Waals surface area contributed by atoms with Gasteiger partial charge in [-0.2, -0.15) is 13.2 Å². The normalized spacial score (nSPS) is 12.6. The van der Waals surface area contributed by atoms with Gasteiger partial charge >= 0.3 is 6.18 Å². The van der Waals surface area contributed by atoms with E-state index in [1.165, 1.54) is 24.3 Å². The third-order valence-electron chi connectivity index (χ3n) is 2.13. The highest BCUT2D eigenvalue weighted by Crippen LogP contribution is 2.20. The molecule has 0 fully saturated rings. The Morgan fingerprint density at radius 3 is 2.56 bits per heavy atom. The number of oxime groups is 1. The van der Waals surface area contributed by atoms with Crippen LogP contribution in [0.25, 0.3) is 0 Å². The first-order valence-corrected chi connectivity index (χ1v) is 4.91. The molecule has 0 aliphatic carbocycles. The van der Waals surface area contributed by atoms with Crippen LogP contribution in [0.5, 0.6) is 0 Å². The molecule has 9 heteroatoms. The van der Waals surface area contributed by atoms with E-state index in [9.17, 15) is 13.2 Å². The van der Waals surface area contributed by atoms with Crippen molar-refractivity contribution < 1.29 is 18.4 Å². The van der Waals surface area contributed by atoms with Gasteiger partial charge in [0, 0.05) is 13.6 Å². The van der Waals surface area contributed by atoms with E-state index in [0.717, 1.165) is 0 Å². The van der Waals surface area contributed by atoms with Gasteiger partial charge in [0.2, 0.25) is 0 Å². The van der Waals surface area contributed by atoms with E-state index >= 15 is 0 Å². The van der Waals surface area contributed by atoms with Gasteiger partial charge in [0.25, 0.3) is 0 Å². The molecule has 1 rings (SSSR count). The molecule has 0 unspecified atom stereocenters. The van der Waals surface area contributed by atoms with Crippen LogP contribution < -0.4 is 10.6 Å². The van der Waals surface area contributed by atoms with E-state index in [0.29, 0.717) is 0 Å². The average Bonchev–Trinajstić information content (AvgIpc) is 2.34. The van der Waals surface area contributed by atoms with Gasteiger partial charge in [-0.1, -0.05) is 5.16 Å². The summed E-state index contributed by atoms with van der Waals surface area (Å²) in [4.78, 5) is 9.00. The summed E-state index contributed by atoms with van der Waals surface area (Å²) in [5.41, 5.74) is 5.42. The SMILES string of the molecule is CN(CCC(F)(F)F)c1cnc(C(N)=NO)cn1. The van der Waals surface area contributed by atoms with Crippen LogP contribution in [0.3, 0.4) is 0 Å². The molecule has 18 heavy (non-hydrogen) atoms. The average molecular weight is 263 g/mol. The minimum Gasteiger partial charge on any atom is -0.409 e. The van der Waals surface area contributed by atoms with E-state index in [2.05, 4.69) is 15.1 Å². The molecule has 3 N–H and O–H groups in total. The molecule has 0 aliphatic heterocycles. The minimum absolute atomic E-state index is 0.144. The second-order valence-electron chi connectivity index (χ2n) is 3.53. The van der Waals surface area contributed by atoms with E-state index in [4.69, 9.17) is 10.9 Å². The van der Waals surface area contributed by atoms with Gasteiger partial charge in [-0.05, 0) is 0 Å². The monoisotopic (exact) mass is 263 g/mol. The first-order valence-electron chi connectivity index (χ1n) is 4.91. The van der Waals surface area contributed by atoms with E-state index < -0.39 is 12.6 Å². The summed E-state index contributed by atoms with van der Waals surface area (Å²) < 4.78 is 36.1. The van der Waals surface area contributed by atoms with Crippen LogP contribution >= 0.6 is 0 Å². The molecule has 100 valence electrons. The highest BCUT2D eigenvalue weighted by atomic mass is 19.4. The lowest BCUT2D eigenvalue weighted by Crippen LogP contribution is -2.25. The summed E-state index contributed by atoms with van der Waals surface area (Å²) in [6.45, 7) is -0.221. The van der Waals surface area contributed by atoms with Crippen molar-refractivity contribution in [3.63, 3.8) is 0 Å². The number of anilines is 1. The standard InChI is InChI=1S/C9H12F3N5O/c1-17(3-2-9(10,11)12)7-5-14-6(4-15-7)8(13)16-18/h4-5,18H,2-3H2,1H3,(H2,13,16). The quantitative estimate of drug-likeness (QED) is 0.365. The predicted molar refractivity (Wildman–Crippen MR) is 58.5 cm³/mol. The maximum absolute atomic E-state index is 12.0. The van der Waals surface area contributed by atoms with Crippen LogP contribution in [-0.4, -0.2) is 40.8 Å². The fraction of sp³-hybridized carbons (Fsp3) is 0.444. The van der Waals surface area contributed by atoms with E-state index in [1.54, 1.807) is 0 Å². The maximum atomic E-state index is 12.0. The molecule has 0 aliphatic rings. The van der Waals surface area contributed by atoms with Gasteiger partial charge in [-0.25, -0.2) is 9.97 Å². The Morgan fingerprint density at radius 2 is 2.11 bits per heavy atom. The van der Waals surface area contributed by atoms with Gasteiger partial charge in [-0.15, -0.1) is 0 Å². The molecule has 1 aromatic heterocycles. The molecule has 0 spiro atoms. The Balaban J connectivity index is 2.67. The van der Waals surface area contributed by atoms with Crippen LogP contribution in [-0.2, 0) is 0 Å². The van der Waals surface area contributed by atoms with Crippen molar-refractivity contribution in [1.29, 1.82) is 0 Å². The molecule has 1 aromatic rings. The van der Waals surface area contributed by atoms with Crippen LogP contribution in [0.1, 0.15) is 12.1 Å². The smallest absolute Gasteiger partial charge is 0.390 e. The van der Waals surface area contributed by atoms with Crippen molar-refractivity contribution in [2.24, 2.45) is 10.9 Å². The largest absolute Gasteiger partial charge is 0.409 e. The van der Waals surface area contributed by atoms with Crippen LogP contribution in [0.4, 0.5) is 19.0 Å². The summed E-state index contributed by atoms with van der Waals surface area (Å²) in [5, 5.41) is 11.1. The molecule has 6 nitrogen and oxygen atoms in total. The first kappa shape index (κ1) is 14.0. The number of halogens is 3. The molecule has 0 bridgehead atoms. The number of amidine groups is 1. The van der Waals surface area contributed by atoms with E-state index in [-0.39, 0.29) is 23.9 Å². The minimum atomic E-state index is -4.21. The van der Waals surface area contributed by atoms with Crippen LogP contribution in [0.2, 0.25) is 0 Å². The van der Waals surface area contributed by atoms with Crippen LogP contribution in [0, 0.1) is 0 Å². The zero-order valence-electron chi connectivity index (χ0n) is 9.52. The Labute approximate surface area is 101 Å². The van der Waals surface area contributed by atoms with Crippen LogP contribution in [0.15, 0.2) is 17.5 Å². The Hall–Kier alpha value is -2.06. The summed E-state index contributed by atoms with van der Waals surface area (Å²) in [5.74, 6) is 0.0562. The molecule has 0 aromatic carbocycles. The molecule has 0 amide bonds. The number of nitrogens with zero attached hydrogens (tertiary/aromatic N) is 4. The third kappa shape index (κ3) is 4.07. The number of alkyl halides is 3. The Bertz CT molecular complexity index is 417. The molecule has 0 radical (unpaired) electrons. The second-order valence-corrected chi connectivity index (χ2v) is 3.53. The highest BCUT2D eigenvalue weighted by Gasteiger charge is 2.27. The zero-order valence-corrected chi connectivity index (χ0v) is 9.52. The lowest BCUT2D eigenvalue weighted by molar-refractivity contribution is -0.132. The van der Waals surface area contributed by atoms with Crippen molar-refractivity contribution in [1.82, 2.24) is 9.97 Å². The molecule has 0 atom stereocenters. The summed E-state index contributed by atoms with van der Waals surface area (Å²) in [6, 6.07) is 0. The molecule has 1 heterocycles. The fourth-order valence-corrected chi connectivity index (χ4v) is 1.11. The summed E-state index contributed by atoms with van der Waals surface area (Å²) >= 11 is 0. The van der Waals surface area contributed by atoms with Gasteiger partial charge in [0.1, 0.15) is 11.5 Å². The fourth-order valence-electron chi connectivity index (χ4n) is 1.11. The van der Waals surface area contributed by atoms with Gasteiger partial charge in [-0.3, -0.25) is 0 Å². The first-order chi connectivity index (χ1) is 8.33. The number of hydrogen-bond donors (Lipinski definition) is 2. The predicted octanol–water partition coefficient (Wildman–Crippen LogP) is 0.960. The summed E-state index contributed by atoms with van der Waals surface area (Å²) in [7, 11) is 1.47. The summed E-state index contributed by atoms with van der Waals surface area (Å²) in [6.07, 6.45) is -2.68. The molecular formula is C9H12F3N5O. The lowest BCUT2D eigenvalue weighted by Gasteiger charge is -2.18. The van der Waals surface area contributed by atoms with Crippen molar-refractivity contribution >= 4 is 11.7 Å². The second kappa shape index (κ2) is 5.52. The van der Waals surface area contributed by atoms with E-state index in [1.807, 2.05) is 0 Å². The molecule has 0 saturated heterocycles. The highest BCUT2D eigenvalue weighted by molar-refractivity contribution is 5.94. The number of rotatable bonds is 4. The van der Waals surface area contributed by atoms with Crippen molar-refractivity contribution in [3.8, 4) is 0 Å². The Kier molecular flexibility index (Phi) is 4.29. The Morgan fingerprint density at radius 1 is 1.44 bits per heavy atom. The lowest BCUT2D eigenvalue weighted by atomic mass is 10.4. The molecular weight excluding hydrogens is 251 g/mol.